The predicted molar refractivity (Wildman–Crippen MR) is 147 cm³/mol. The van der Waals surface area contributed by atoms with Crippen LogP contribution >= 0.6 is 0 Å². The van der Waals surface area contributed by atoms with E-state index in [4.69, 9.17) is 14.6 Å². The highest BCUT2D eigenvalue weighted by atomic mass is 16.5. The Morgan fingerprint density at radius 3 is 1.92 bits per heavy atom. The number of ether oxygens (including phenoxy) is 2. The molecule has 0 spiro atoms. The molecule has 7 nitrogen and oxygen atoms in total. The second-order valence-electron chi connectivity index (χ2n) is 9.39. The Morgan fingerprint density at radius 2 is 1.38 bits per heavy atom. The van der Waals surface area contributed by atoms with E-state index < -0.39 is 5.97 Å². The number of hydrogen-bond acceptors (Lipinski definition) is 5. The highest BCUT2D eigenvalue weighted by Gasteiger charge is 2.17. The van der Waals surface area contributed by atoms with Crippen LogP contribution in [0.4, 0.5) is 0 Å². The monoisotopic (exact) mass is 504 g/mol. The van der Waals surface area contributed by atoms with Crippen molar-refractivity contribution in [3.05, 3.63) is 72.3 Å². The van der Waals surface area contributed by atoms with Gasteiger partial charge in [-0.15, -0.1) is 0 Å². The van der Waals surface area contributed by atoms with Gasteiger partial charge in [0.2, 0.25) is 0 Å². The summed E-state index contributed by atoms with van der Waals surface area (Å²) < 4.78 is 12.2. The van der Waals surface area contributed by atoms with Gasteiger partial charge in [0.25, 0.3) is 0 Å². The number of rotatable bonds is 7. The quantitative estimate of drug-likeness (QED) is 0.349. The predicted octanol–water partition coefficient (Wildman–Crippen LogP) is 5.43. The van der Waals surface area contributed by atoms with Crippen molar-refractivity contribution in [2.24, 2.45) is 0 Å². The Balaban J connectivity index is 0.000000209. The molecule has 1 aromatic heterocycles. The third-order valence-corrected chi connectivity index (χ3v) is 6.87. The molecule has 0 amide bonds. The standard InChI is InChI=1S/C21H26N2O.C9H10O4/c24-17(15-22-13-7-1-2-8-14-22)16-23-20-11-5-3-9-18(20)19-10-4-6-12-21(19)23;1-12-7-4-3-6(9(10)11)5-8(7)13-2/h3-6,9-12,17,24H,1-2,7-8,13-16H2;3-5H,1-2H3,(H,10,11). The van der Waals surface area contributed by atoms with Gasteiger partial charge < -0.3 is 29.2 Å². The van der Waals surface area contributed by atoms with Gasteiger partial charge in [-0.1, -0.05) is 49.2 Å². The Morgan fingerprint density at radius 1 is 0.811 bits per heavy atom. The van der Waals surface area contributed by atoms with Crippen LogP contribution in [0, 0.1) is 0 Å². The molecule has 7 heteroatoms. The molecule has 5 rings (SSSR count). The number of fused-ring (bicyclic) bond motifs is 3. The molecule has 0 bridgehead atoms. The Hall–Kier alpha value is -3.55. The molecule has 1 fully saturated rings. The lowest BCUT2D eigenvalue weighted by Gasteiger charge is -2.24. The van der Waals surface area contributed by atoms with Gasteiger partial charge in [0.1, 0.15) is 0 Å². The summed E-state index contributed by atoms with van der Waals surface area (Å²) in [5.74, 6) is -0.0455. The number of methoxy groups -OCH3 is 2. The van der Waals surface area contributed by atoms with Crippen LogP contribution in [0.5, 0.6) is 11.5 Å². The zero-order valence-corrected chi connectivity index (χ0v) is 21.6. The van der Waals surface area contributed by atoms with Crippen LogP contribution in [0.2, 0.25) is 0 Å². The summed E-state index contributed by atoms with van der Waals surface area (Å²) >= 11 is 0. The molecule has 0 aliphatic carbocycles. The van der Waals surface area contributed by atoms with Crippen LogP contribution in [-0.4, -0.2) is 65.6 Å². The maximum absolute atomic E-state index is 10.7. The summed E-state index contributed by atoms with van der Waals surface area (Å²) in [6.45, 7) is 3.69. The van der Waals surface area contributed by atoms with E-state index in [2.05, 4.69) is 58.0 Å². The van der Waals surface area contributed by atoms with E-state index >= 15 is 0 Å². The van der Waals surface area contributed by atoms with Crippen LogP contribution in [0.15, 0.2) is 66.7 Å². The maximum Gasteiger partial charge on any atom is 0.335 e. The summed E-state index contributed by atoms with van der Waals surface area (Å²) in [6, 6.07) is 21.5. The number of nitrogens with zero attached hydrogens (tertiary/aromatic N) is 2. The molecule has 1 saturated heterocycles. The van der Waals surface area contributed by atoms with Crippen LogP contribution < -0.4 is 9.47 Å². The van der Waals surface area contributed by atoms with Gasteiger partial charge in [-0.25, -0.2) is 4.79 Å². The number of β-amino-alcohol motifs (C(OH)–C–C–N with tert-alkyl or cyclic N) is 1. The minimum absolute atomic E-state index is 0.178. The Kier molecular flexibility index (Phi) is 9.04. The van der Waals surface area contributed by atoms with Gasteiger partial charge in [-0.3, -0.25) is 0 Å². The third-order valence-electron chi connectivity index (χ3n) is 6.87. The largest absolute Gasteiger partial charge is 0.493 e. The number of carboxylic acid groups (broad SMARTS) is 1. The number of benzene rings is 3. The number of carboxylic acids is 1. The van der Waals surface area contributed by atoms with Crippen molar-refractivity contribution in [2.45, 2.75) is 38.3 Å². The lowest BCUT2D eigenvalue weighted by molar-refractivity contribution is 0.0696. The molecule has 1 atom stereocenters. The number of para-hydroxylation sites is 2. The van der Waals surface area contributed by atoms with Gasteiger partial charge >= 0.3 is 5.97 Å². The minimum Gasteiger partial charge on any atom is -0.493 e. The van der Waals surface area contributed by atoms with Crippen molar-refractivity contribution < 1.29 is 24.5 Å². The van der Waals surface area contributed by atoms with Crippen molar-refractivity contribution in [1.82, 2.24) is 9.47 Å². The summed E-state index contributed by atoms with van der Waals surface area (Å²) in [4.78, 5) is 13.0. The second kappa shape index (κ2) is 12.6. The van der Waals surface area contributed by atoms with Gasteiger partial charge in [-0.05, 0) is 56.3 Å². The van der Waals surface area contributed by atoms with Gasteiger partial charge in [0.05, 0.1) is 32.4 Å². The first-order valence-corrected chi connectivity index (χ1v) is 12.8. The molecular formula is C30H36N2O5. The van der Waals surface area contributed by atoms with Crippen LogP contribution in [0.25, 0.3) is 21.8 Å². The van der Waals surface area contributed by atoms with Crippen LogP contribution in [0.3, 0.4) is 0 Å². The number of aromatic carboxylic acids is 1. The summed E-state index contributed by atoms with van der Waals surface area (Å²) in [7, 11) is 2.96. The van der Waals surface area contributed by atoms with E-state index in [0.717, 1.165) is 19.6 Å². The second-order valence-corrected chi connectivity index (χ2v) is 9.39. The smallest absolute Gasteiger partial charge is 0.335 e. The van der Waals surface area contributed by atoms with Crippen LogP contribution in [-0.2, 0) is 6.54 Å². The summed E-state index contributed by atoms with van der Waals surface area (Å²) in [5.41, 5.74) is 2.61. The molecule has 37 heavy (non-hydrogen) atoms. The third kappa shape index (κ3) is 6.42. The number of carbonyl (C=O) groups is 1. The van der Waals surface area contributed by atoms with Gasteiger partial charge in [-0.2, -0.15) is 0 Å². The molecular weight excluding hydrogens is 468 g/mol. The molecule has 1 unspecified atom stereocenters. The lowest BCUT2D eigenvalue weighted by Crippen LogP contribution is -2.35. The SMILES string of the molecule is COc1ccc(C(=O)O)cc1OC.OC(CN1CCCCCC1)Cn1c2ccccc2c2ccccc21. The maximum atomic E-state index is 10.7. The molecule has 2 heterocycles. The van der Waals surface area contributed by atoms with Crippen molar-refractivity contribution in [3.8, 4) is 11.5 Å². The summed E-state index contributed by atoms with van der Waals surface area (Å²) in [6.07, 6.45) is 4.87. The molecule has 0 saturated carbocycles. The molecule has 1 aliphatic rings. The normalized spacial score (nSPS) is 15.0. The number of hydrogen-bond donors (Lipinski definition) is 2. The number of likely N-dealkylation sites (tertiary alicyclic amines) is 1. The topological polar surface area (TPSA) is 84.2 Å². The average molecular weight is 505 g/mol. The van der Waals surface area contributed by atoms with E-state index in [0.29, 0.717) is 18.0 Å². The zero-order valence-electron chi connectivity index (χ0n) is 21.6. The lowest BCUT2D eigenvalue weighted by atomic mass is 10.2. The van der Waals surface area contributed by atoms with Crippen molar-refractivity contribution in [2.75, 3.05) is 33.9 Å². The first kappa shape index (κ1) is 26.5. The Bertz CT molecular complexity index is 1270. The fraction of sp³-hybridized carbons (Fsp3) is 0.367. The highest BCUT2D eigenvalue weighted by molar-refractivity contribution is 6.07. The first-order valence-electron chi connectivity index (χ1n) is 12.8. The molecule has 3 aromatic carbocycles. The van der Waals surface area contributed by atoms with Crippen molar-refractivity contribution in [3.63, 3.8) is 0 Å². The van der Waals surface area contributed by atoms with E-state index in [9.17, 15) is 9.90 Å². The van der Waals surface area contributed by atoms with Gasteiger partial charge in [0.15, 0.2) is 11.5 Å². The minimum atomic E-state index is -0.985. The fourth-order valence-corrected chi connectivity index (χ4v) is 5.05. The number of aromatic nitrogens is 1. The first-order chi connectivity index (χ1) is 18.0. The van der Waals surface area contributed by atoms with Crippen molar-refractivity contribution in [1.29, 1.82) is 0 Å². The average Bonchev–Trinajstić information content (AvgIpc) is 3.05. The zero-order chi connectivity index (χ0) is 26.2. The van der Waals surface area contributed by atoms with E-state index in [-0.39, 0.29) is 11.7 Å². The summed E-state index contributed by atoms with van der Waals surface area (Å²) in [5, 5.41) is 21.9. The highest BCUT2D eigenvalue weighted by Crippen LogP contribution is 2.29. The molecule has 0 radical (unpaired) electrons. The number of aliphatic hydroxyl groups is 1. The number of aliphatic hydroxyl groups excluding tert-OH is 1. The van der Waals surface area contributed by atoms with Gasteiger partial charge in [0, 0.05) is 28.4 Å². The fourth-order valence-electron chi connectivity index (χ4n) is 5.05. The molecule has 196 valence electrons. The van der Waals surface area contributed by atoms with E-state index in [1.807, 2.05) is 0 Å². The molecule has 2 N–H and O–H groups in total. The van der Waals surface area contributed by atoms with Crippen LogP contribution in [0.1, 0.15) is 36.0 Å². The van der Waals surface area contributed by atoms with E-state index in [1.54, 1.807) is 6.07 Å². The van der Waals surface area contributed by atoms with Crippen molar-refractivity contribution >= 4 is 27.8 Å². The molecule has 4 aromatic rings. The molecule has 1 aliphatic heterocycles. The Labute approximate surface area is 217 Å². The van der Waals surface area contributed by atoms with E-state index in [1.165, 1.54) is 73.8 Å².